The van der Waals surface area contributed by atoms with Crippen molar-refractivity contribution in [3.63, 3.8) is 0 Å². The highest BCUT2D eigenvalue weighted by Crippen LogP contribution is 2.43. The number of alkyl halides is 3. The molecule has 0 unspecified atom stereocenters. The minimum Gasteiger partial charge on any atom is -0.405 e. The van der Waals surface area contributed by atoms with Gasteiger partial charge in [-0.2, -0.15) is 0 Å². The van der Waals surface area contributed by atoms with Crippen LogP contribution >= 0.6 is 34.8 Å². The van der Waals surface area contributed by atoms with Gasteiger partial charge >= 0.3 is 0 Å². The third-order valence-corrected chi connectivity index (χ3v) is 30.0. The van der Waals surface area contributed by atoms with Crippen LogP contribution < -0.4 is 15.7 Å². The average Bonchev–Trinajstić information content (AvgIpc) is 0.746. The first-order valence-corrected chi connectivity index (χ1v) is 49.6. The summed E-state index contributed by atoms with van der Waals surface area (Å²) in [4.78, 5) is 15.0. The summed E-state index contributed by atoms with van der Waals surface area (Å²) in [6.07, 6.45) is -21.5. The molecular weight excluding hydrogens is 1820 g/mol. The number of benzene rings is 11. The average molecular weight is 1940 g/mol. The summed E-state index contributed by atoms with van der Waals surface area (Å²) in [6.45, 7) is 14.3. The van der Waals surface area contributed by atoms with Gasteiger partial charge in [0.25, 0.3) is 18.0 Å². The Kier molecular flexibility index (Phi) is 38.5. The molecule has 4 saturated heterocycles. The number of aliphatic hydroxyl groups is 1. The van der Waals surface area contributed by atoms with Crippen LogP contribution in [0.15, 0.2) is 359 Å². The lowest BCUT2D eigenvalue weighted by Gasteiger charge is -2.51. The van der Waals surface area contributed by atoms with E-state index >= 15 is 0 Å². The van der Waals surface area contributed by atoms with Crippen molar-refractivity contribution in [3.8, 4) is 0 Å². The van der Waals surface area contributed by atoms with E-state index in [1.54, 1.807) is 12.2 Å². The lowest BCUT2D eigenvalue weighted by atomic mass is 9.94. The zero-order valence-corrected chi connectivity index (χ0v) is 80.5. The SMILES string of the molecule is C=CCO[C@H]1O[C@H](CO[C@H]2O[C@H](COCc3ccccc3)[C@@H](OCc3ccccc3)[C@H](OCc3ccccc3)[C@@H]2O[C@H]2O[C@H](CO[Si](c3ccccc3)(c3ccccc3)C(C)(C)C)[C@@H](OCc3ccccc3)[C@H](OCc3ccccc3)[C@@H]2O)[C@@H](O[C@@H]2O[C@H](COCc3ccccc3)[C@H](OCc3ccccc3)[C@H](OCc3ccccc3)[C@H]2NC(=O)C(Cl)(Cl)Cl)[C@H](OCc2ccccc2)[C@@H]1OCC=C. The largest absolute Gasteiger partial charge is 0.405 e. The van der Waals surface area contributed by atoms with Gasteiger partial charge in [-0.25, -0.2) is 0 Å². The molecule has 11 aromatic carbocycles. The van der Waals surface area contributed by atoms with Crippen molar-refractivity contribution in [2.45, 2.75) is 212 Å². The maximum Gasteiger partial charge on any atom is 0.272 e. The van der Waals surface area contributed by atoms with Gasteiger partial charge < -0.3 is 100 Å². The fourth-order valence-corrected chi connectivity index (χ4v) is 22.5. The molecule has 0 bridgehead atoms. The molecule has 20 atom stereocenters. The van der Waals surface area contributed by atoms with Gasteiger partial charge in [0.05, 0.1) is 99.1 Å². The van der Waals surface area contributed by atoms with Crippen molar-refractivity contribution in [2.24, 2.45) is 0 Å². The number of rotatable bonds is 48. The van der Waals surface area contributed by atoms with Crippen LogP contribution in [0, 0.1) is 0 Å². The smallest absolute Gasteiger partial charge is 0.272 e. The third kappa shape index (κ3) is 28.3. The van der Waals surface area contributed by atoms with Gasteiger partial charge in [0.1, 0.15) is 97.6 Å². The van der Waals surface area contributed by atoms with Crippen LogP contribution in [0.5, 0.6) is 0 Å². The predicted octanol–water partition coefficient (Wildman–Crippen LogP) is 17.8. The summed E-state index contributed by atoms with van der Waals surface area (Å²) in [7, 11) is -3.44. The molecule has 0 radical (unpaired) electrons. The maximum atomic E-state index is 15.0. The van der Waals surface area contributed by atoms with Gasteiger partial charge in [-0.1, -0.05) is 401 Å². The molecule has 11 aromatic rings. The van der Waals surface area contributed by atoms with Crippen LogP contribution in [-0.4, -0.2) is 186 Å². The molecular formula is C111H122Cl3NO21Si. The fraction of sp³-hybridized carbons (Fsp3) is 0.360. The predicted molar refractivity (Wildman–Crippen MR) is 526 cm³/mol. The van der Waals surface area contributed by atoms with Crippen LogP contribution in [0.25, 0.3) is 0 Å². The van der Waals surface area contributed by atoms with Gasteiger partial charge in [-0.05, 0) is 65.5 Å². The molecule has 4 aliphatic rings. The number of amides is 1. The topological polar surface area (TPSA) is 225 Å². The minimum atomic E-state index is -3.44. The molecule has 2 N–H and O–H groups in total. The van der Waals surface area contributed by atoms with Crippen LogP contribution in [-0.2, 0) is 154 Å². The second-order valence-corrected chi connectivity index (χ2v) is 41.8. The molecule has 722 valence electrons. The highest BCUT2D eigenvalue weighted by atomic mass is 35.6. The van der Waals surface area contributed by atoms with E-state index in [9.17, 15) is 9.90 Å². The Hall–Kier alpha value is -9.34. The first-order valence-electron chi connectivity index (χ1n) is 46.6. The lowest BCUT2D eigenvalue weighted by Crippen LogP contribution is -2.70. The summed E-state index contributed by atoms with van der Waals surface area (Å²) in [5.74, 6) is -1.05. The Morgan fingerprint density at radius 2 is 0.606 bits per heavy atom. The van der Waals surface area contributed by atoms with Gasteiger partial charge in [0, 0.05) is 0 Å². The normalized spacial score (nSPS) is 25.3. The monoisotopic (exact) mass is 1940 g/mol. The van der Waals surface area contributed by atoms with Crippen molar-refractivity contribution in [1.29, 1.82) is 0 Å². The molecule has 4 aliphatic heterocycles. The van der Waals surface area contributed by atoms with Gasteiger partial charge in [-0.3, -0.25) is 4.79 Å². The number of ether oxygens (including phenoxy) is 18. The number of carbonyl (C=O) groups is 1. The van der Waals surface area contributed by atoms with Crippen LogP contribution in [0.1, 0.15) is 70.8 Å². The number of hydrogen-bond donors (Lipinski definition) is 2. The molecule has 26 heteroatoms. The van der Waals surface area contributed by atoms with Crippen molar-refractivity contribution in [3.05, 3.63) is 409 Å². The molecule has 1 amide bonds. The number of carbonyl (C=O) groups excluding carboxylic acids is 1. The minimum absolute atomic E-state index is 0.0114. The molecule has 22 nitrogen and oxygen atoms in total. The van der Waals surface area contributed by atoms with Gasteiger partial charge in [-0.15, -0.1) is 13.2 Å². The van der Waals surface area contributed by atoms with Crippen molar-refractivity contribution in [2.75, 3.05) is 39.6 Å². The van der Waals surface area contributed by atoms with Crippen LogP contribution in [0.2, 0.25) is 5.04 Å². The zero-order valence-electron chi connectivity index (χ0n) is 77.2. The highest BCUT2D eigenvalue weighted by molar-refractivity contribution is 6.99. The van der Waals surface area contributed by atoms with E-state index in [4.69, 9.17) is 124 Å². The fourth-order valence-electron chi connectivity index (χ4n) is 17.7. The first-order chi connectivity index (χ1) is 67.0. The van der Waals surface area contributed by atoms with Crippen LogP contribution in [0.3, 0.4) is 0 Å². The summed E-state index contributed by atoms with van der Waals surface area (Å²) in [5.41, 5.74) is 7.46. The van der Waals surface area contributed by atoms with E-state index < -0.39 is 152 Å². The highest BCUT2D eigenvalue weighted by Gasteiger charge is 2.60. The molecule has 0 spiro atoms. The van der Waals surface area contributed by atoms with E-state index in [-0.39, 0.29) is 92.5 Å². The van der Waals surface area contributed by atoms with Crippen molar-refractivity contribution in [1.82, 2.24) is 5.32 Å². The van der Waals surface area contributed by atoms with Crippen LogP contribution in [0.4, 0.5) is 0 Å². The quantitative estimate of drug-likeness (QED) is 0.0205. The number of nitrogens with one attached hydrogen (secondary N) is 1. The van der Waals surface area contributed by atoms with E-state index in [0.29, 0.717) is 0 Å². The van der Waals surface area contributed by atoms with Crippen molar-refractivity contribution < 1.29 is 99.6 Å². The molecule has 4 heterocycles. The molecule has 4 fully saturated rings. The Labute approximate surface area is 819 Å². The molecule has 0 saturated carbocycles. The molecule has 0 aromatic heterocycles. The molecule has 0 aliphatic carbocycles. The second kappa shape index (κ2) is 51.7. The Bertz CT molecular complexity index is 5280. The summed E-state index contributed by atoms with van der Waals surface area (Å²) < 4.78 is 137. The Morgan fingerprint density at radius 3 is 0.978 bits per heavy atom. The molecule has 15 rings (SSSR count). The lowest BCUT2D eigenvalue weighted by molar-refractivity contribution is -0.388. The summed E-state index contributed by atoms with van der Waals surface area (Å²) in [6, 6.07) is 107. The summed E-state index contributed by atoms with van der Waals surface area (Å²) in [5, 5.41) is 18.5. The zero-order chi connectivity index (χ0) is 95.0. The number of hydrogen-bond acceptors (Lipinski definition) is 21. The van der Waals surface area contributed by atoms with Gasteiger partial charge in [0.2, 0.25) is 0 Å². The van der Waals surface area contributed by atoms with E-state index in [2.05, 4.69) is 63.5 Å². The third-order valence-electron chi connectivity index (χ3n) is 24.5. The number of aliphatic hydroxyl groups excluding tert-OH is 1. The summed E-state index contributed by atoms with van der Waals surface area (Å²) >= 11 is 20.0. The standard InChI is InChI=1S/C111H122Cl3NO21Si/c1-6-63-120-103-102(128-73-86-57-35-16-36-58-86)98(135-105-93(115-109(117)111(112,113)114)99(125-70-83-51-29-13-30-52-83)95(122-67-80-45-23-10-24-46-80)89(131-105)74-118-65-78-41-19-8-20-42-78)91(134-107(103)121-64-7-2)76-129-108-104(101(127-72-85-55-33-15-34-56-85)97(124-69-82-49-27-12-28-50-82)90(133-108)75-119-66-79-43-21-9-22-44-79)136-106-94(116)100(126-71-84-53-31-14-32-54-84)96(123-68-81-47-25-11-26-48-81)92(132-106)77-130-137(110(3,4)5,87-59-37-17-38-60-87)88-61-39-18-40-62-88/h6-62,89-108,116H,1-2,63-77H2,3-5H3,(H,115,117)/t89-,90-,91-,92-,93-,94+,95+,96-,97-,98-,99-,100-,101+,102+,103+,104+,105+,106-,107+,108+/m1/s1. The maximum absolute atomic E-state index is 15.0. The number of halogens is 3. The van der Waals surface area contributed by atoms with E-state index in [1.807, 2.05) is 309 Å². The van der Waals surface area contributed by atoms with E-state index in [0.717, 1.165) is 60.4 Å². The second-order valence-electron chi connectivity index (χ2n) is 35.2. The van der Waals surface area contributed by atoms with Gasteiger partial charge in [0.15, 0.2) is 25.2 Å². The Morgan fingerprint density at radius 1 is 0.321 bits per heavy atom. The Balaban J connectivity index is 0.887. The first kappa shape index (κ1) is 102. The van der Waals surface area contributed by atoms with Crippen molar-refractivity contribution >= 4 is 59.4 Å². The molecule has 137 heavy (non-hydrogen) atoms. The van der Waals surface area contributed by atoms with E-state index in [1.165, 1.54) is 0 Å².